The van der Waals surface area contributed by atoms with Crippen LogP contribution in [-0.2, 0) is 4.79 Å². The first-order valence-corrected chi connectivity index (χ1v) is 3.92. The second kappa shape index (κ2) is 3.51. The van der Waals surface area contributed by atoms with Crippen LogP contribution in [0.25, 0.3) is 0 Å². The number of carbonyl (C=O) groups excluding carboxylic acids is 1. The number of nitrogens with zero attached hydrogens (tertiary/aromatic N) is 1. The molecule has 1 rings (SSSR count). The number of likely N-dealkylation sites (tertiary alicyclic amines) is 1. The SMILES string of the molecule is O=C([C@@H](F)C(F)(F)F)N1CCCC1. The fourth-order valence-corrected chi connectivity index (χ4v) is 1.24. The summed E-state index contributed by atoms with van der Waals surface area (Å²) in [7, 11) is 0. The average Bonchev–Trinajstić information content (AvgIpc) is 2.51. The zero-order valence-corrected chi connectivity index (χ0v) is 6.77. The first kappa shape index (κ1) is 10.3. The smallest absolute Gasteiger partial charge is 0.340 e. The molecule has 1 atom stereocenters. The molecule has 0 unspecified atom stereocenters. The summed E-state index contributed by atoms with van der Waals surface area (Å²) in [5.74, 6) is -1.45. The summed E-state index contributed by atoms with van der Waals surface area (Å²) in [6.45, 7) is 0.463. The van der Waals surface area contributed by atoms with E-state index >= 15 is 0 Å². The molecule has 0 radical (unpaired) electrons. The molecule has 6 heteroatoms. The zero-order valence-electron chi connectivity index (χ0n) is 6.77. The maximum atomic E-state index is 12.4. The fourth-order valence-electron chi connectivity index (χ4n) is 1.24. The Labute approximate surface area is 72.5 Å². The molecule has 0 spiro atoms. The fraction of sp³-hybridized carbons (Fsp3) is 0.857. The van der Waals surface area contributed by atoms with Gasteiger partial charge in [0.05, 0.1) is 0 Å². The molecule has 1 heterocycles. The van der Waals surface area contributed by atoms with Gasteiger partial charge in [0.2, 0.25) is 0 Å². The zero-order chi connectivity index (χ0) is 10.1. The summed E-state index contributed by atoms with van der Waals surface area (Å²) in [6.07, 6.45) is -7.13. The molecule has 0 N–H and O–H groups in total. The number of carbonyl (C=O) groups is 1. The summed E-state index contributed by atoms with van der Waals surface area (Å²) < 4.78 is 47.6. The Bertz CT molecular complexity index is 197. The van der Waals surface area contributed by atoms with Crippen LogP contribution >= 0.6 is 0 Å². The van der Waals surface area contributed by atoms with E-state index in [4.69, 9.17) is 0 Å². The minimum atomic E-state index is -5.07. The Balaban J connectivity index is 2.56. The molecule has 1 saturated heterocycles. The third-order valence-corrected chi connectivity index (χ3v) is 1.92. The molecule has 1 amide bonds. The molecule has 2 nitrogen and oxygen atoms in total. The van der Waals surface area contributed by atoms with Gasteiger partial charge in [-0.2, -0.15) is 13.2 Å². The minimum absolute atomic E-state index is 0.231. The quantitative estimate of drug-likeness (QED) is 0.586. The predicted molar refractivity (Wildman–Crippen MR) is 36.8 cm³/mol. The number of rotatable bonds is 1. The van der Waals surface area contributed by atoms with Crippen LogP contribution in [-0.4, -0.2) is 36.2 Å². The maximum absolute atomic E-state index is 12.4. The van der Waals surface area contributed by atoms with Crippen molar-refractivity contribution in [3.8, 4) is 0 Å². The lowest BCUT2D eigenvalue weighted by Gasteiger charge is -2.19. The number of hydrogen-bond acceptors (Lipinski definition) is 1. The van der Waals surface area contributed by atoms with E-state index in [0.717, 1.165) is 4.90 Å². The van der Waals surface area contributed by atoms with Crippen LogP contribution in [0.4, 0.5) is 17.6 Å². The van der Waals surface area contributed by atoms with Crippen LogP contribution in [0.3, 0.4) is 0 Å². The predicted octanol–water partition coefficient (Wildman–Crippen LogP) is 1.51. The second-order valence-corrected chi connectivity index (χ2v) is 2.94. The number of alkyl halides is 4. The molecule has 0 aromatic heterocycles. The highest BCUT2D eigenvalue weighted by Gasteiger charge is 2.47. The third-order valence-electron chi connectivity index (χ3n) is 1.92. The van der Waals surface area contributed by atoms with Gasteiger partial charge in [-0.25, -0.2) is 4.39 Å². The van der Waals surface area contributed by atoms with E-state index in [1.165, 1.54) is 0 Å². The molecular formula is C7H9F4NO. The van der Waals surface area contributed by atoms with Crippen molar-refractivity contribution in [1.29, 1.82) is 0 Å². The molecule has 0 aliphatic carbocycles. The number of hydrogen-bond donors (Lipinski definition) is 0. The minimum Gasteiger partial charge on any atom is -0.340 e. The third kappa shape index (κ3) is 2.32. The van der Waals surface area contributed by atoms with Crippen LogP contribution in [0, 0.1) is 0 Å². The maximum Gasteiger partial charge on any atom is 0.428 e. The van der Waals surface area contributed by atoms with Crippen LogP contribution in [0.2, 0.25) is 0 Å². The van der Waals surface area contributed by atoms with Crippen LogP contribution < -0.4 is 0 Å². The first-order chi connectivity index (χ1) is 5.93. The van der Waals surface area contributed by atoms with E-state index in [0.29, 0.717) is 12.8 Å². The van der Waals surface area contributed by atoms with Crippen molar-refractivity contribution in [2.45, 2.75) is 25.2 Å². The standard InChI is InChI=1S/C7H9F4NO/c8-5(7(9,10)11)6(13)12-3-1-2-4-12/h5H,1-4H2/t5-/m1/s1. The van der Waals surface area contributed by atoms with Gasteiger partial charge in [0.25, 0.3) is 12.1 Å². The first-order valence-electron chi connectivity index (χ1n) is 3.92. The molecule has 0 aromatic rings. The van der Waals surface area contributed by atoms with Gasteiger partial charge in [-0.05, 0) is 12.8 Å². The van der Waals surface area contributed by atoms with Gasteiger partial charge in [0.15, 0.2) is 0 Å². The second-order valence-electron chi connectivity index (χ2n) is 2.94. The van der Waals surface area contributed by atoms with Gasteiger partial charge in [0.1, 0.15) is 0 Å². The van der Waals surface area contributed by atoms with Crippen molar-refractivity contribution in [3.63, 3.8) is 0 Å². The Morgan fingerprint density at radius 3 is 2.08 bits per heavy atom. The van der Waals surface area contributed by atoms with E-state index in [1.54, 1.807) is 0 Å². The Morgan fingerprint density at radius 1 is 1.23 bits per heavy atom. The van der Waals surface area contributed by atoms with E-state index in [1.807, 2.05) is 0 Å². The Kier molecular flexibility index (Phi) is 2.77. The lowest BCUT2D eigenvalue weighted by atomic mass is 10.3. The highest BCUT2D eigenvalue weighted by Crippen LogP contribution is 2.25. The number of amides is 1. The summed E-state index contributed by atoms with van der Waals surface area (Å²) in [4.78, 5) is 11.7. The van der Waals surface area contributed by atoms with E-state index in [-0.39, 0.29) is 13.1 Å². The van der Waals surface area contributed by atoms with Gasteiger partial charge in [0, 0.05) is 13.1 Å². The topological polar surface area (TPSA) is 20.3 Å². The Morgan fingerprint density at radius 2 is 1.69 bits per heavy atom. The number of halogens is 4. The van der Waals surface area contributed by atoms with Crippen LogP contribution in [0.5, 0.6) is 0 Å². The molecule has 0 saturated carbocycles. The van der Waals surface area contributed by atoms with Crippen molar-refractivity contribution in [2.24, 2.45) is 0 Å². The molecule has 1 aliphatic heterocycles. The van der Waals surface area contributed by atoms with E-state index < -0.39 is 18.3 Å². The lowest BCUT2D eigenvalue weighted by molar-refractivity contribution is -0.192. The van der Waals surface area contributed by atoms with Crippen LogP contribution in [0.15, 0.2) is 0 Å². The van der Waals surface area contributed by atoms with Gasteiger partial charge in [-0.1, -0.05) is 0 Å². The normalized spacial score (nSPS) is 20.5. The highest BCUT2D eigenvalue weighted by atomic mass is 19.4. The molecule has 1 aliphatic rings. The monoisotopic (exact) mass is 199 g/mol. The average molecular weight is 199 g/mol. The summed E-state index contributed by atoms with van der Waals surface area (Å²) in [5.41, 5.74) is 0. The van der Waals surface area contributed by atoms with Gasteiger partial charge < -0.3 is 4.90 Å². The summed E-state index contributed by atoms with van der Waals surface area (Å²) in [5, 5.41) is 0. The van der Waals surface area contributed by atoms with Crippen molar-refractivity contribution < 1.29 is 22.4 Å². The molecule has 0 bridgehead atoms. The molecule has 1 fully saturated rings. The van der Waals surface area contributed by atoms with E-state index in [9.17, 15) is 22.4 Å². The lowest BCUT2D eigenvalue weighted by Crippen LogP contribution is -2.42. The van der Waals surface area contributed by atoms with Gasteiger partial charge in [-0.15, -0.1) is 0 Å². The van der Waals surface area contributed by atoms with Crippen molar-refractivity contribution in [3.05, 3.63) is 0 Å². The highest BCUT2D eigenvalue weighted by molar-refractivity contribution is 5.81. The summed E-state index contributed by atoms with van der Waals surface area (Å²) >= 11 is 0. The summed E-state index contributed by atoms with van der Waals surface area (Å²) in [6, 6.07) is 0. The van der Waals surface area contributed by atoms with Crippen molar-refractivity contribution >= 4 is 5.91 Å². The molecule has 13 heavy (non-hydrogen) atoms. The van der Waals surface area contributed by atoms with Crippen molar-refractivity contribution in [1.82, 2.24) is 4.90 Å². The van der Waals surface area contributed by atoms with E-state index in [2.05, 4.69) is 0 Å². The largest absolute Gasteiger partial charge is 0.428 e. The van der Waals surface area contributed by atoms with Crippen molar-refractivity contribution in [2.75, 3.05) is 13.1 Å². The van der Waals surface area contributed by atoms with Gasteiger partial charge >= 0.3 is 6.18 Å². The van der Waals surface area contributed by atoms with Crippen LogP contribution in [0.1, 0.15) is 12.8 Å². The van der Waals surface area contributed by atoms with Gasteiger partial charge in [-0.3, -0.25) is 4.79 Å². The Hall–Kier alpha value is -0.810. The molecule has 76 valence electrons. The molecular weight excluding hydrogens is 190 g/mol. The molecule has 0 aromatic carbocycles.